The minimum atomic E-state index is 0.577. The molecule has 0 amide bonds. The van der Waals surface area contributed by atoms with Crippen LogP contribution in [-0.4, -0.2) is 13.1 Å². The summed E-state index contributed by atoms with van der Waals surface area (Å²) < 4.78 is 0. The number of aryl methyl sites for hydroxylation is 1. The highest BCUT2D eigenvalue weighted by Gasteiger charge is 2.05. The molecule has 0 saturated carbocycles. The summed E-state index contributed by atoms with van der Waals surface area (Å²) in [7, 11) is 0. The van der Waals surface area contributed by atoms with E-state index in [0.29, 0.717) is 6.42 Å². The van der Waals surface area contributed by atoms with E-state index in [1.165, 1.54) is 17.7 Å². The summed E-state index contributed by atoms with van der Waals surface area (Å²) in [6.45, 7) is 1.82. The van der Waals surface area contributed by atoms with Crippen LogP contribution in [0.2, 0.25) is 0 Å². The molecular formula is C19H22N2. The summed E-state index contributed by atoms with van der Waals surface area (Å²) in [5, 5.41) is 8.81. The molecule has 0 aliphatic carbocycles. The van der Waals surface area contributed by atoms with Crippen LogP contribution in [-0.2, 0) is 6.42 Å². The van der Waals surface area contributed by atoms with Gasteiger partial charge in [-0.25, -0.2) is 0 Å². The molecule has 2 aromatic rings. The van der Waals surface area contributed by atoms with Gasteiger partial charge in [0.1, 0.15) is 0 Å². The second-order valence-corrected chi connectivity index (χ2v) is 5.17. The van der Waals surface area contributed by atoms with Crippen molar-refractivity contribution in [2.24, 2.45) is 0 Å². The van der Waals surface area contributed by atoms with E-state index in [1.54, 1.807) is 0 Å². The van der Waals surface area contributed by atoms with Gasteiger partial charge in [0.05, 0.1) is 12.5 Å². The number of hydrogen-bond donors (Lipinski definition) is 0. The summed E-state index contributed by atoms with van der Waals surface area (Å²) in [6.07, 6.45) is 4.03. The fourth-order valence-corrected chi connectivity index (χ4v) is 2.47. The molecule has 0 fully saturated rings. The molecule has 0 N–H and O–H groups in total. The fraction of sp³-hybridized carbons (Fsp3) is 0.316. The summed E-state index contributed by atoms with van der Waals surface area (Å²) in [6, 6.07) is 23.2. The first-order valence-electron chi connectivity index (χ1n) is 7.61. The zero-order valence-electron chi connectivity index (χ0n) is 12.4. The fourth-order valence-electron chi connectivity index (χ4n) is 2.47. The molecule has 0 aliphatic rings. The van der Waals surface area contributed by atoms with Gasteiger partial charge >= 0.3 is 0 Å². The van der Waals surface area contributed by atoms with Crippen LogP contribution in [0.3, 0.4) is 0 Å². The van der Waals surface area contributed by atoms with E-state index in [1.807, 2.05) is 6.07 Å². The molecule has 108 valence electrons. The molecule has 2 rings (SSSR count). The lowest BCUT2D eigenvalue weighted by atomic mass is 10.1. The SMILES string of the molecule is N#CCCN(CCCCc1ccccc1)c1ccccc1. The molecule has 0 bridgehead atoms. The van der Waals surface area contributed by atoms with Crippen molar-refractivity contribution < 1.29 is 0 Å². The van der Waals surface area contributed by atoms with E-state index in [9.17, 15) is 0 Å². The largest absolute Gasteiger partial charge is 0.371 e. The van der Waals surface area contributed by atoms with Gasteiger partial charge in [-0.15, -0.1) is 0 Å². The summed E-state index contributed by atoms with van der Waals surface area (Å²) in [5.41, 5.74) is 2.62. The zero-order chi connectivity index (χ0) is 14.8. The first-order valence-corrected chi connectivity index (χ1v) is 7.61. The van der Waals surface area contributed by atoms with Gasteiger partial charge in [0, 0.05) is 18.8 Å². The van der Waals surface area contributed by atoms with Crippen LogP contribution in [0.1, 0.15) is 24.8 Å². The maximum atomic E-state index is 8.81. The Balaban J connectivity index is 1.81. The second-order valence-electron chi connectivity index (χ2n) is 5.17. The predicted molar refractivity (Wildman–Crippen MR) is 88.3 cm³/mol. The highest BCUT2D eigenvalue weighted by Crippen LogP contribution is 2.15. The monoisotopic (exact) mass is 278 g/mol. The lowest BCUT2D eigenvalue weighted by Crippen LogP contribution is -2.25. The first kappa shape index (κ1) is 15.1. The lowest BCUT2D eigenvalue weighted by Gasteiger charge is -2.23. The Kier molecular flexibility index (Phi) is 6.35. The Morgan fingerprint density at radius 3 is 2.14 bits per heavy atom. The van der Waals surface area contributed by atoms with Crippen molar-refractivity contribution in [2.75, 3.05) is 18.0 Å². The predicted octanol–water partition coefficient (Wildman–Crippen LogP) is 4.43. The van der Waals surface area contributed by atoms with Gasteiger partial charge in [-0.1, -0.05) is 48.5 Å². The molecule has 0 atom stereocenters. The van der Waals surface area contributed by atoms with Crippen molar-refractivity contribution >= 4 is 5.69 Å². The molecule has 2 heteroatoms. The third kappa shape index (κ3) is 5.31. The molecule has 0 aliphatic heterocycles. The first-order chi connectivity index (χ1) is 10.4. The van der Waals surface area contributed by atoms with Crippen LogP contribution in [0, 0.1) is 11.3 Å². The third-order valence-electron chi connectivity index (χ3n) is 3.60. The van der Waals surface area contributed by atoms with E-state index in [4.69, 9.17) is 5.26 Å². The normalized spacial score (nSPS) is 10.0. The van der Waals surface area contributed by atoms with Gasteiger partial charge in [0.25, 0.3) is 0 Å². The number of unbranched alkanes of at least 4 members (excludes halogenated alkanes) is 1. The molecule has 0 heterocycles. The Labute approximate surface area is 127 Å². The van der Waals surface area contributed by atoms with E-state index < -0.39 is 0 Å². The zero-order valence-corrected chi connectivity index (χ0v) is 12.4. The van der Waals surface area contributed by atoms with Gasteiger partial charge in [0.15, 0.2) is 0 Å². The summed E-state index contributed by atoms with van der Waals surface area (Å²) in [5.74, 6) is 0. The standard InChI is InChI=1S/C19H22N2/c20-15-9-17-21(19-13-5-2-6-14-19)16-8-7-12-18-10-3-1-4-11-18/h1-6,10-11,13-14H,7-9,12,16-17H2. The maximum absolute atomic E-state index is 8.81. The third-order valence-corrected chi connectivity index (χ3v) is 3.60. The van der Waals surface area contributed by atoms with Gasteiger partial charge < -0.3 is 4.90 Å². The summed E-state index contributed by atoms with van der Waals surface area (Å²) in [4.78, 5) is 2.31. The Morgan fingerprint density at radius 1 is 0.810 bits per heavy atom. The smallest absolute Gasteiger partial charge is 0.0640 e. The van der Waals surface area contributed by atoms with E-state index in [0.717, 1.165) is 25.9 Å². The molecule has 21 heavy (non-hydrogen) atoms. The van der Waals surface area contributed by atoms with Crippen molar-refractivity contribution in [3.8, 4) is 6.07 Å². The average molecular weight is 278 g/mol. The van der Waals surface area contributed by atoms with E-state index in [2.05, 4.69) is 65.6 Å². The van der Waals surface area contributed by atoms with Crippen molar-refractivity contribution in [2.45, 2.75) is 25.7 Å². The van der Waals surface area contributed by atoms with Crippen LogP contribution in [0.4, 0.5) is 5.69 Å². The van der Waals surface area contributed by atoms with Crippen molar-refractivity contribution in [1.29, 1.82) is 5.26 Å². The molecule has 0 spiro atoms. The van der Waals surface area contributed by atoms with Crippen LogP contribution in [0.25, 0.3) is 0 Å². The van der Waals surface area contributed by atoms with Crippen molar-refractivity contribution in [1.82, 2.24) is 0 Å². The average Bonchev–Trinajstić information content (AvgIpc) is 2.56. The highest BCUT2D eigenvalue weighted by molar-refractivity contribution is 5.45. The molecule has 0 saturated heterocycles. The van der Waals surface area contributed by atoms with Crippen molar-refractivity contribution in [3.63, 3.8) is 0 Å². The number of nitrogens with zero attached hydrogens (tertiary/aromatic N) is 2. The Morgan fingerprint density at radius 2 is 1.48 bits per heavy atom. The Hall–Kier alpha value is -2.27. The topological polar surface area (TPSA) is 27.0 Å². The Bertz CT molecular complexity index is 543. The molecule has 0 unspecified atom stereocenters. The molecule has 0 aromatic heterocycles. The van der Waals surface area contributed by atoms with Gasteiger partial charge in [-0.05, 0) is 37.0 Å². The van der Waals surface area contributed by atoms with Gasteiger partial charge in [-0.2, -0.15) is 5.26 Å². The number of para-hydroxylation sites is 1. The quantitative estimate of drug-likeness (QED) is 0.668. The van der Waals surface area contributed by atoms with Crippen LogP contribution in [0.5, 0.6) is 0 Å². The number of anilines is 1. The molecule has 2 nitrogen and oxygen atoms in total. The van der Waals surface area contributed by atoms with Crippen LogP contribution < -0.4 is 4.90 Å². The van der Waals surface area contributed by atoms with Crippen LogP contribution >= 0.6 is 0 Å². The van der Waals surface area contributed by atoms with E-state index in [-0.39, 0.29) is 0 Å². The molecular weight excluding hydrogens is 256 g/mol. The minimum absolute atomic E-state index is 0.577. The number of nitriles is 1. The molecule has 0 radical (unpaired) electrons. The second kappa shape index (κ2) is 8.81. The van der Waals surface area contributed by atoms with E-state index >= 15 is 0 Å². The number of benzene rings is 2. The highest BCUT2D eigenvalue weighted by atomic mass is 15.1. The molecule has 2 aromatic carbocycles. The van der Waals surface area contributed by atoms with Crippen molar-refractivity contribution in [3.05, 3.63) is 66.2 Å². The van der Waals surface area contributed by atoms with Gasteiger partial charge in [-0.3, -0.25) is 0 Å². The lowest BCUT2D eigenvalue weighted by molar-refractivity contribution is 0.687. The van der Waals surface area contributed by atoms with Crippen LogP contribution in [0.15, 0.2) is 60.7 Å². The van der Waals surface area contributed by atoms with Gasteiger partial charge in [0.2, 0.25) is 0 Å². The summed E-state index contributed by atoms with van der Waals surface area (Å²) >= 11 is 0. The minimum Gasteiger partial charge on any atom is -0.371 e. The maximum Gasteiger partial charge on any atom is 0.0640 e. The number of hydrogen-bond acceptors (Lipinski definition) is 2. The number of rotatable bonds is 8.